The molecule has 1 aromatic rings. The van der Waals surface area contributed by atoms with E-state index in [2.05, 4.69) is 41.3 Å². The molecule has 0 bridgehead atoms. The quantitative estimate of drug-likeness (QED) is 0.754. The van der Waals surface area contributed by atoms with E-state index in [0.29, 0.717) is 5.95 Å². The molecule has 2 N–H and O–H groups in total. The molecule has 1 atom stereocenters. The van der Waals surface area contributed by atoms with Crippen LogP contribution in [0.15, 0.2) is 0 Å². The summed E-state index contributed by atoms with van der Waals surface area (Å²) in [6.07, 6.45) is 3.42. The molecule has 0 radical (unpaired) electrons. The van der Waals surface area contributed by atoms with Crippen molar-refractivity contribution in [2.75, 3.05) is 11.9 Å². The zero-order valence-electron chi connectivity index (χ0n) is 10.9. The molecular weight excluding hydrogens is 216 g/mol. The van der Waals surface area contributed by atoms with E-state index in [1.54, 1.807) is 0 Å². The van der Waals surface area contributed by atoms with Gasteiger partial charge in [-0.25, -0.2) is 4.98 Å². The molecule has 0 saturated heterocycles. The topological polar surface area (TPSA) is 70.9 Å². The number of aliphatic hydroxyl groups is 1. The van der Waals surface area contributed by atoms with Crippen molar-refractivity contribution in [3.63, 3.8) is 0 Å². The first-order valence-corrected chi connectivity index (χ1v) is 6.31. The highest BCUT2D eigenvalue weighted by Crippen LogP contribution is 2.09. The van der Waals surface area contributed by atoms with Crippen molar-refractivity contribution in [2.45, 2.75) is 52.5 Å². The number of aliphatic hydroxyl groups excluding tert-OH is 1. The van der Waals surface area contributed by atoms with Gasteiger partial charge >= 0.3 is 0 Å². The first kappa shape index (κ1) is 13.8. The summed E-state index contributed by atoms with van der Waals surface area (Å²) in [4.78, 5) is 4.46. The molecule has 0 fully saturated rings. The van der Waals surface area contributed by atoms with Gasteiger partial charge in [-0.3, -0.25) is 0 Å². The van der Waals surface area contributed by atoms with E-state index in [-0.39, 0.29) is 12.6 Å². The highest BCUT2D eigenvalue weighted by atomic mass is 16.2. The van der Waals surface area contributed by atoms with Crippen LogP contribution in [0, 0.1) is 0 Å². The summed E-state index contributed by atoms with van der Waals surface area (Å²) in [7, 11) is 0. The second-order valence-electron chi connectivity index (χ2n) is 4.15. The Bertz CT molecular complexity index is 343. The van der Waals surface area contributed by atoms with Crippen LogP contribution in [-0.2, 0) is 12.8 Å². The monoisotopic (exact) mass is 238 g/mol. The third-order valence-electron chi connectivity index (χ3n) is 2.68. The Morgan fingerprint density at radius 2 is 1.88 bits per heavy atom. The van der Waals surface area contributed by atoms with E-state index in [4.69, 9.17) is 5.11 Å². The fourth-order valence-electron chi connectivity index (χ4n) is 1.69. The lowest BCUT2D eigenvalue weighted by Gasteiger charge is -2.13. The van der Waals surface area contributed by atoms with Crippen LogP contribution >= 0.6 is 0 Å². The minimum Gasteiger partial charge on any atom is -0.396 e. The van der Waals surface area contributed by atoms with Crippen LogP contribution in [0.3, 0.4) is 0 Å². The summed E-state index contributed by atoms with van der Waals surface area (Å²) in [5.41, 5.74) is 1.99. The van der Waals surface area contributed by atoms with Gasteiger partial charge in [0.15, 0.2) is 0 Å². The van der Waals surface area contributed by atoms with Crippen molar-refractivity contribution in [3.05, 3.63) is 11.4 Å². The van der Waals surface area contributed by atoms with Gasteiger partial charge in [0.1, 0.15) is 0 Å². The van der Waals surface area contributed by atoms with Crippen LogP contribution < -0.4 is 5.32 Å². The molecule has 0 aliphatic rings. The van der Waals surface area contributed by atoms with E-state index in [1.807, 2.05) is 0 Å². The van der Waals surface area contributed by atoms with E-state index in [9.17, 15) is 0 Å². The van der Waals surface area contributed by atoms with E-state index in [0.717, 1.165) is 37.1 Å². The molecule has 1 heterocycles. The molecule has 96 valence electrons. The zero-order valence-corrected chi connectivity index (χ0v) is 10.9. The van der Waals surface area contributed by atoms with Crippen LogP contribution in [0.1, 0.15) is 45.0 Å². The third-order valence-corrected chi connectivity index (χ3v) is 2.68. The van der Waals surface area contributed by atoms with Crippen molar-refractivity contribution in [3.8, 4) is 0 Å². The minimum atomic E-state index is 0.222. The Kier molecular flexibility index (Phi) is 5.83. The first-order valence-electron chi connectivity index (χ1n) is 6.31. The fourth-order valence-corrected chi connectivity index (χ4v) is 1.69. The Morgan fingerprint density at radius 1 is 1.18 bits per heavy atom. The standard InChI is InChI=1S/C12H22N4O/c1-4-10-11(5-2)15-16-12(14-10)13-9(3)7-6-8-17/h9,17H,4-8H2,1-3H3,(H,13,14,16). The number of aromatic nitrogens is 3. The summed E-state index contributed by atoms with van der Waals surface area (Å²) in [5, 5.41) is 20.2. The lowest BCUT2D eigenvalue weighted by Crippen LogP contribution is -2.19. The molecule has 0 aliphatic carbocycles. The van der Waals surface area contributed by atoms with E-state index in [1.165, 1.54) is 0 Å². The highest BCUT2D eigenvalue weighted by Gasteiger charge is 2.08. The van der Waals surface area contributed by atoms with Gasteiger partial charge in [-0.05, 0) is 32.6 Å². The Labute approximate surface area is 103 Å². The van der Waals surface area contributed by atoms with Crippen molar-refractivity contribution in [1.82, 2.24) is 15.2 Å². The van der Waals surface area contributed by atoms with Gasteiger partial charge in [-0.2, -0.15) is 5.10 Å². The molecule has 5 heteroatoms. The molecule has 1 unspecified atom stereocenters. The van der Waals surface area contributed by atoms with Gasteiger partial charge in [0.2, 0.25) is 5.95 Å². The maximum absolute atomic E-state index is 8.76. The fraction of sp³-hybridized carbons (Fsp3) is 0.750. The Balaban J connectivity index is 2.65. The average molecular weight is 238 g/mol. The maximum atomic E-state index is 8.76. The number of nitrogens with one attached hydrogen (secondary N) is 1. The van der Waals surface area contributed by atoms with Crippen LogP contribution in [0.2, 0.25) is 0 Å². The summed E-state index contributed by atoms with van der Waals surface area (Å²) in [6, 6.07) is 0.251. The van der Waals surface area contributed by atoms with Crippen LogP contribution in [0.5, 0.6) is 0 Å². The van der Waals surface area contributed by atoms with Gasteiger partial charge in [-0.1, -0.05) is 13.8 Å². The molecular formula is C12H22N4O. The molecule has 0 aromatic carbocycles. The molecule has 0 aliphatic heterocycles. The number of nitrogens with zero attached hydrogens (tertiary/aromatic N) is 3. The van der Waals surface area contributed by atoms with Gasteiger partial charge in [0.25, 0.3) is 0 Å². The van der Waals surface area contributed by atoms with E-state index >= 15 is 0 Å². The maximum Gasteiger partial charge on any atom is 0.243 e. The second-order valence-corrected chi connectivity index (χ2v) is 4.15. The van der Waals surface area contributed by atoms with Gasteiger partial charge in [0.05, 0.1) is 11.4 Å². The predicted molar refractivity (Wildman–Crippen MR) is 68.0 cm³/mol. The minimum absolute atomic E-state index is 0.222. The molecule has 0 amide bonds. The van der Waals surface area contributed by atoms with Crippen LogP contribution in [0.4, 0.5) is 5.95 Å². The second kappa shape index (κ2) is 7.17. The normalized spacial score (nSPS) is 12.5. The van der Waals surface area contributed by atoms with Crippen molar-refractivity contribution < 1.29 is 5.11 Å². The van der Waals surface area contributed by atoms with Crippen molar-refractivity contribution in [2.24, 2.45) is 0 Å². The Hall–Kier alpha value is -1.23. The van der Waals surface area contributed by atoms with Gasteiger partial charge in [0, 0.05) is 12.6 Å². The van der Waals surface area contributed by atoms with Gasteiger partial charge < -0.3 is 10.4 Å². The smallest absolute Gasteiger partial charge is 0.243 e. The number of hydrogen-bond donors (Lipinski definition) is 2. The predicted octanol–water partition coefficient (Wildman–Crippen LogP) is 1.57. The SMILES string of the molecule is CCc1nnc(NC(C)CCCO)nc1CC. The summed E-state index contributed by atoms with van der Waals surface area (Å²) < 4.78 is 0. The van der Waals surface area contributed by atoms with Gasteiger partial charge in [-0.15, -0.1) is 5.10 Å². The third kappa shape index (κ3) is 4.26. The van der Waals surface area contributed by atoms with Crippen LogP contribution in [-0.4, -0.2) is 32.9 Å². The van der Waals surface area contributed by atoms with Crippen LogP contribution in [0.25, 0.3) is 0 Å². The number of aryl methyl sites for hydroxylation is 2. The molecule has 1 aromatic heterocycles. The highest BCUT2D eigenvalue weighted by molar-refractivity contribution is 5.26. The Morgan fingerprint density at radius 3 is 2.47 bits per heavy atom. The van der Waals surface area contributed by atoms with Crippen molar-refractivity contribution >= 4 is 5.95 Å². The molecule has 5 nitrogen and oxygen atoms in total. The summed E-state index contributed by atoms with van der Waals surface area (Å²) in [6.45, 7) is 6.41. The van der Waals surface area contributed by atoms with E-state index < -0.39 is 0 Å². The largest absolute Gasteiger partial charge is 0.396 e. The molecule has 1 rings (SSSR count). The average Bonchev–Trinajstić information content (AvgIpc) is 2.36. The molecule has 0 spiro atoms. The first-order chi connectivity index (χ1) is 8.21. The summed E-state index contributed by atoms with van der Waals surface area (Å²) in [5.74, 6) is 0.587. The lowest BCUT2D eigenvalue weighted by atomic mass is 10.2. The molecule has 0 saturated carbocycles. The number of anilines is 1. The zero-order chi connectivity index (χ0) is 12.7. The number of hydrogen-bond acceptors (Lipinski definition) is 5. The molecule has 17 heavy (non-hydrogen) atoms. The van der Waals surface area contributed by atoms with Crippen molar-refractivity contribution in [1.29, 1.82) is 0 Å². The summed E-state index contributed by atoms with van der Waals surface area (Å²) >= 11 is 0. The lowest BCUT2D eigenvalue weighted by molar-refractivity contribution is 0.282. The number of rotatable bonds is 7.